The van der Waals surface area contributed by atoms with Gasteiger partial charge in [-0.15, -0.1) is 0 Å². The smallest absolute Gasteiger partial charge is 0.318 e. The lowest BCUT2D eigenvalue weighted by Crippen LogP contribution is -2.21. The minimum atomic E-state index is 0.184. The van der Waals surface area contributed by atoms with E-state index >= 15 is 0 Å². The molecule has 5 nitrogen and oxygen atoms in total. The van der Waals surface area contributed by atoms with Crippen molar-refractivity contribution in [2.45, 2.75) is 38.2 Å². The summed E-state index contributed by atoms with van der Waals surface area (Å²) >= 11 is 0. The average molecular weight is 218 g/mol. The van der Waals surface area contributed by atoms with Crippen LogP contribution in [0.5, 0.6) is 6.01 Å². The molecule has 1 aliphatic rings. The minimum absolute atomic E-state index is 0.184. The van der Waals surface area contributed by atoms with Gasteiger partial charge in [-0.2, -0.15) is 10.2 Å². The number of nitriles is 1. The molecular weight excluding hydrogens is 204 g/mol. The van der Waals surface area contributed by atoms with Crippen LogP contribution < -0.4 is 10.5 Å². The second kappa shape index (κ2) is 4.79. The van der Waals surface area contributed by atoms with Crippen LogP contribution in [-0.4, -0.2) is 16.1 Å². The van der Waals surface area contributed by atoms with Crippen molar-refractivity contribution in [1.29, 1.82) is 5.26 Å². The highest BCUT2D eigenvalue weighted by atomic mass is 16.5. The van der Waals surface area contributed by atoms with Crippen LogP contribution in [0.15, 0.2) is 6.20 Å². The summed E-state index contributed by atoms with van der Waals surface area (Å²) < 4.78 is 5.62. The molecule has 16 heavy (non-hydrogen) atoms. The molecule has 1 aliphatic carbocycles. The highest BCUT2D eigenvalue weighted by Gasteiger charge is 2.16. The lowest BCUT2D eigenvalue weighted by Gasteiger charge is -2.21. The van der Waals surface area contributed by atoms with Gasteiger partial charge in [-0.1, -0.05) is 6.42 Å². The fourth-order valence-corrected chi connectivity index (χ4v) is 1.85. The molecule has 0 spiro atoms. The SMILES string of the molecule is N#Cc1cnc(OC2CCCCC2)nc1N. The van der Waals surface area contributed by atoms with Crippen molar-refractivity contribution < 1.29 is 4.74 Å². The number of rotatable bonds is 2. The van der Waals surface area contributed by atoms with E-state index < -0.39 is 0 Å². The van der Waals surface area contributed by atoms with E-state index in [1.54, 1.807) is 0 Å². The Morgan fingerprint density at radius 2 is 2.12 bits per heavy atom. The second-order valence-corrected chi connectivity index (χ2v) is 3.94. The first-order valence-corrected chi connectivity index (χ1v) is 5.49. The van der Waals surface area contributed by atoms with Crippen LogP contribution in [0.2, 0.25) is 0 Å². The van der Waals surface area contributed by atoms with Crippen molar-refractivity contribution in [2.75, 3.05) is 5.73 Å². The van der Waals surface area contributed by atoms with Crippen molar-refractivity contribution in [3.05, 3.63) is 11.8 Å². The average Bonchev–Trinajstić information content (AvgIpc) is 2.31. The lowest BCUT2D eigenvalue weighted by molar-refractivity contribution is 0.142. The van der Waals surface area contributed by atoms with E-state index in [2.05, 4.69) is 9.97 Å². The second-order valence-electron chi connectivity index (χ2n) is 3.94. The van der Waals surface area contributed by atoms with Gasteiger partial charge < -0.3 is 10.5 Å². The maximum absolute atomic E-state index is 8.68. The number of nitrogens with zero attached hydrogens (tertiary/aromatic N) is 3. The Balaban J connectivity index is 2.04. The zero-order valence-electron chi connectivity index (χ0n) is 9.02. The van der Waals surface area contributed by atoms with Gasteiger partial charge in [-0.3, -0.25) is 0 Å². The molecule has 0 unspecified atom stereocenters. The highest BCUT2D eigenvalue weighted by molar-refractivity contribution is 5.46. The van der Waals surface area contributed by atoms with Gasteiger partial charge >= 0.3 is 6.01 Å². The Morgan fingerprint density at radius 1 is 1.38 bits per heavy atom. The van der Waals surface area contributed by atoms with E-state index in [1.165, 1.54) is 25.5 Å². The van der Waals surface area contributed by atoms with Gasteiger partial charge in [0, 0.05) is 0 Å². The summed E-state index contributed by atoms with van der Waals surface area (Å²) in [4.78, 5) is 7.93. The topological polar surface area (TPSA) is 84.8 Å². The van der Waals surface area contributed by atoms with Crippen molar-refractivity contribution in [1.82, 2.24) is 9.97 Å². The molecule has 0 saturated heterocycles. The maximum Gasteiger partial charge on any atom is 0.318 e. The third-order valence-electron chi connectivity index (χ3n) is 2.74. The summed E-state index contributed by atoms with van der Waals surface area (Å²) in [6.45, 7) is 0. The van der Waals surface area contributed by atoms with Crippen LogP contribution in [0.4, 0.5) is 5.82 Å². The molecule has 1 aromatic heterocycles. The molecule has 1 heterocycles. The Kier molecular flexibility index (Phi) is 3.20. The Bertz CT molecular complexity index is 407. The molecule has 1 fully saturated rings. The van der Waals surface area contributed by atoms with Gasteiger partial charge in [0.1, 0.15) is 23.6 Å². The molecule has 2 N–H and O–H groups in total. The summed E-state index contributed by atoms with van der Waals surface area (Å²) in [5.74, 6) is 0.184. The zero-order chi connectivity index (χ0) is 11.4. The standard InChI is InChI=1S/C11H14N4O/c12-6-8-7-14-11(15-10(8)13)16-9-4-2-1-3-5-9/h7,9H,1-5H2,(H2,13,14,15). The van der Waals surface area contributed by atoms with E-state index in [0.29, 0.717) is 0 Å². The number of nitrogen functional groups attached to an aromatic ring is 1. The van der Waals surface area contributed by atoms with Gasteiger partial charge in [0.05, 0.1) is 6.20 Å². The van der Waals surface area contributed by atoms with Crippen LogP contribution in [0.1, 0.15) is 37.7 Å². The number of ether oxygens (including phenoxy) is 1. The monoisotopic (exact) mass is 218 g/mol. The summed E-state index contributed by atoms with van der Waals surface area (Å²) in [7, 11) is 0. The molecule has 1 aromatic rings. The number of anilines is 1. The first kappa shape index (κ1) is 10.7. The normalized spacial score (nSPS) is 16.7. The van der Waals surface area contributed by atoms with Gasteiger partial charge in [-0.05, 0) is 25.7 Å². The molecule has 0 aliphatic heterocycles. The third kappa shape index (κ3) is 2.40. The molecular formula is C11H14N4O. The fraction of sp³-hybridized carbons (Fsp3) is 0.545. The molecule has 0 atom stereocenters. The van der Waals surface area contributed by atoms with Crippen LogP contribution >= 0.6 is 0 Å². The predicted octanol–water partition coefficient (Wildman–Crippen LogP) is 1.64. The Morgan fingerprint density at radius 3 is 2.75 bits per heavy atom. The van der Waals surface area contributed by atoms with Crippen molar-refractivity contribution in [2.24, 2.45) is 0 Å². The van der Waals surface area contributed by atoms with Crippen molar-refractivity contribution in [3.8, 4) is 12.1 Å². The third-order valence-corrected chi connectivity index (χ3v) is 2.74. The predicted molar refractivity (Wildman–Crippen MR) is 58.7 cm³/mol. The largest absolute Gasteiger partial charge is 0.460 e. The summed E-state index contributed by atoms with van der Waals surface area (Å²) in [5, 5.41) is 8.68. The molecule has 0 radical (unpaired) electrons. The minimum Gasteiger partial charge on any atom is -0.460 e. The van der Waals surface area contributed by atoms with Crippen molar-refractivity contribution >= 4 is 5.82 Å². The van der Waals surface area contributed by atoms with Crippen LogP contribution in [-0.2, 0) is 0 Å². The maximum atomic E-state index is 8.68. The van der Waals surface area contributed by atoms with E-state index in [-0.39, 0.29) is 23.5 Å². The van der Waals surface area contributed by atoms with Gasteiger partial charge in [-0.25, -0.2) is 4.98 Å². The van der Waals surface area contributed by atoms with Gasteiger partial charge in [0.2, 0.25) is 0 Å². The number of nitrogens with two attached hydrogens (primary N) is 1. The van der Waals surface area contributed by atoms with E-state index in [9.17, 15) is 0 Å². The van der Waals surface area contributed by atoms with E-state index in [1.807, 2.05) is 6.07 Å². The molecule has 2 rings (SSSR count). The molecule has 84 valence electrons. The molecule has 5 heteroatoms. The number of hydrogen-bond acceptors (Lipinski definition) is 5. The van der Waals surface area contributed by atoms with Crippen molar-refractivity contribution in [3.63, 3.8) is 0 Å². The number of hydrogen-bond donors (Lipinski definition) is 1. The van der Waals surface area contributed by atoms with Gasteiger partial charge in [0.15, 0.2) is 0 Å². The van der Waals surface area contributed by atoms with Crippen LogP contribution in [0.25, 0.3) is 0 Å². The lowest BCUT2D eigenvalue weighted by atomic mass is 9.98. The van der Waals surface area contributed by atoms with Crippen LogP contribution in [0.3, 0.4) is 0 Å². The summed E-state index contributed by atoms with van der Waals surface area (Å²) in [6, 6.07) is 2.20. The first-order chi connectivity index (χ1) is 7.79. The quantitative estimate of drug-likeness (QED) is 0.815. The molecule has 0 amide bonds. The van der Waals surface area contributed by atoms with Crippen LogP contribution in [0, 0.1) is 11.3 Å². The number of aromatic nitrogens is 2. The fourth-order valence-electron chi connectivity index (χ4n) is 1.85. The first-order valence-electron chi connectivity index (χ1n) is 5.49. The molecule has 1 saturated carbocycles. The summed E-state index contributed by atoms with van der Waals surface area (Å²) in [6.07, 6.45) is 7.34. The molecule has 0 aromatic carbocycles. The summed E-state index contributed by atoms with van der Waals surface area (Å²) in [5.41, 5.74) is 5.87. The Hall–Kier alpha value is -1.83. The molecule has 0 bridgehead atoms. The highest BCUT2D eigenvalue weighted by Crippen LogP contribution is 2.21. The zero-order valence-corrected chi connectivity index (χ0v) is 9.02. The van der Waals surface area contributed by atoms with Gasteiger partial charge in [0.25, 0.3) is 0 Å². The van der Waals surface area contributed by atoms with E-state index in [0.717, 1.165) is 12.8 Å². The van der Waals surface area contributed by atoms with E-state index in [4.69, 9.17) is 15.7 Å². The Labute approximate surface area is 94.3 Å².